The Morgan fingerprint density at radius 3 is 2.55 bits per heavy atom. The summed E-state index contributed by atoms with van der Waals surface area (Å²) in [6.07, 6.45) is 4.65. The minimum atomic E-state index is 0.0124. The summed E-state index contributed by atoms with van der Waals surface area (Å²) >= 11 is 0. The predicted molar refractivity (Wildman–Crippen MR) is 80.3 cm³/mol. The number of benzene rings is 1. The molecule has 1 saturated heterocycles. The number of hydrogen-bond acceptors (Lipinski definition) is 4. The predicted octanol–water partition coefficient (Wildman–Crippen LogP) is 1.71. The van der Waals surface area contributed by atoms with Crippen LogP contribution in [0.2, 0.25) is 0 Å². The average Bonchev–Trinajstić information content (AvgIpc) is 3.23. The van der Waals surface area contributed by atoms with Crippen LogP contribution >= 0.6 is 0 Å². The molecule has 0 N–H and O–H groups in total. The van der Waals surface area contributed by atoms with Crippen LogP contribution in [0.5, 0.6) is 0 Å². The Kier molecular flexibility index (Phi) is 4.27. The highest BCUT2D eigenvalue weighted by Gasteiger charge is 2.28. The fourth-order valence-electron chi connectivity index (χ4n) is 2.72. The molecule has 1 atom stereocenters. The van der Waals surface area contributed by atoms with Gasteiger partial charge in [-0.3, -0.25) is 9.59 Å². The van der Waals surface area contributed by atoms with Gasteiger partial charge in [-0.25, -0.2) is 0 Å². The van der Waals surface area contributed by atoms with E-state index in [4.69, 9.17) is 0 Å². The fraction of sp³-hybridized carbons (Fsp3) is 0.375. The maximum absolute atomic E-state index is 12.2. The van der Waals surface area contributed by atoms with E-state index < -0.39 is 0 Å². The van der Waals surface area contributed by atoms with E-state index in [9.17, 15) is 9.59 Å². The summed E-state index contributed by atoms with van der Waals surface area (Å²) in [7, 11) is 0. The van der Waals surface area contributed by atoms with Gasteiger partial charge in [-0.05, 0) is 6.42 Å². The molecule has 3 rings (SSSR count). The monoisotopic (exact) mass is 298 g/mol. The molecule has 1 aliphatic heterocycles. The van der Waals surface area contributed by atoms with E-state index in [2.05, 4.69) is 10.2 Å². The van der Waals surface area contributed by atoms with Crippen LogP contribution in [0, 0.1) is 0 Å². The molecule has 1 aromatic carbocycles. The fourth-order valence-corrected chi connectivity index (χ4v) is 2.72. The van der Waals surface area contributed by atoms with Crippen molar-refractivity contribution in [2.24, 2.45) is 0 Å². The van der Waals surface area contributed by atoms with Crippen molar-refractivity contribution < 1.29 is 9.59 Å². The average molecular weight is 298 g/mol. The zero-order chi connectivity index (χ0) is 15.4. The Morgan fingerprint density at radius 2 is 1.82 bits per heavy atom. The summed E-state index contributed by atoms with van der Waals surface area (Å²) in [4.78, 5) is 27.7. The van der Waals surface area contributed by atoms with Crippen LogP contribution in [0.3, 0.4) is 0 Å². The number of rotatable bonds is 5. The van der Waals surface area contributed by atoms with Crippen LogP contribution in [0.1, 0.15) is 35.7 Å². The van der Waals surface area contributed by atoms with Crippen LogP contribution in [0.15, 0.2) is 42.7 Å². The van der Waals surface area contributed by atoms with Crippen molar-refractivity contribution in [1.82, 2.24) is 19.9 Å². The SMILES string of the molecule is O=C(CCC(=O)N1CCC(n2nccn2)C1)c1ccccc1. The molecular weight excluding hydrogens is 280 g/mol. The highest BCUT2D eigenvalue weighted by atomic mass is 16.2. The maximum atomic E-state index is 12.2. The van der Waals surface area contributed by atoms with Crippen molar-refractivity contribution in [3.05, 3.63) is 48.3 Å². The Bertz CT molecular complexity index is 639. The van der Waals surface area contributed by atoms with Gasteiger partial charge < -0.3 is 4.90 Å². The van der Waals surface area contributed by atoms with Gasteiger partial charge in [0.25, 0.3) is 0 Å². The second-order valence-electron chi connectivity index (χ2n) is 5.42. The van der Waals surface area contributed by atoms with E-state index >= 15 is 0 Å². The van der Waals surface area contributed by atoms with Gasteiger partial charge in [0.15, 0.2) is 5.78 Å². The van der Waals surface area contributed by atoms with Gasteiger partial charge in [0.05, 0.1) is 18.4 Å². The molecule has 0 aliphatic carbocycles. The van der Waals surface area contributed by atoms with E-state index in [1.807, 2.05) is 18.2 Å². The van der Waals surface area contributed by atoms with Crippen LogP contribution in [0.4, 0.5) is 0 Å². The first-order chi connectivity index (χ1) is 10.7. The molecule has 0 bridgehead atoms. The van der Waals surface area contributed by atoms with Gasteiger partial charge in [0.2, 0.25) is 5.91 Å². The lowest BCUT2D eigenvalue weighted by atomic mass is 10.1. The van der Waals surface area contributed by atoms with E-state index in [0.29, 0.717) is 18.7 Å². The third-order valence-corrected chi connectivity index (χ3v) is 3.94. The normalized spacial score (nSPS) is 17.6. The summed E-state index contributed by atoms with van der Waals surface area (Å²) in [6.45, 7) is 1.32. The Labute approximate surface area is 128 Å². The van der Waals surface area contributed by atoms with Crippen molar-refractivity contribution in [2.45, 2.75) is 25.3 Å². The first-order valence-electron chi connectivity index (χ1n) is 7.46. The van der Waals surface area contributed by atoms with E-state index in [0.717, 1.165) is 6.42 Å². The van der Waals surface area contributed by atoms with Crippen LogP contribution < -0.4 is 0 Å². The van der Waals surface area contributed by atoms with Gasteiger partial charge in [0, 0.05) is 31.5 Å². The number of carbonyl (C=O) groups excluding carboxylic acids is 2. The van der Waals surface area contributed by atoms with E-state index in [1.54, 1.807) is 34.2 Å². The van der Waals surface area contributed by atoms with Gasteiger partial charge in [0.1, 0.15) is 0 Å². The smallest absolute Gasteiger partial charge is 0.223 e. The van der Waals surface area contributed by atoms with Gasteiger partial charge in [-0.1, -0.05) is 30.3 Å². The number of ketones is 1. The van der Waals surface area contributed by atoms with Crippen molar-refractivity contribution in [3.63, 3.8) is 0 Å². The number of Topliss-reactive ketones (excluding diaryl/α,β-unsaturated/α-hetero) is 1. The molecule has 1 unspecified atom stereocenters. The molecule has 0 radical (unpaired) electrons. The Balaban J connectivity index is 1.50. The second kappa shape index (κ2) is 6.51. The van der Waals surface area contributed by atoms with Crippen molar-refractivity contribution >= 4 is 11.7 Å². The third kappa shape index (κ3) is 3.21. The summed E-state index contributed by atoms with van der Waals surface area (Å²) in [5.74, 6) is 0.0392. The number of likely N-dealkylation sites (tertiary alicyclic amines) is 1. The number of carbonyl (C=O) groups is 2. The quantitative estimate of drug-likeness (QED) is 0.788. The molecule has 2 aromatic rings. The molecule has 1 aliphatic rings. The van der Waals surface area contributed by atoms with Crippen molar-refractivity contribution in [1.29, 1.82) is 0 Å². The number of amides is 1. The lowest BCUT2D eigenvalue weighted by Crippen LogP contribution is -2.29. The molecule has 6 heteroatoms. The zero-order valence-corrected chi connectivity index (χ0v) is 12.3. The highest BCUT2D eigenvalue weighted by molar-refractivity contribution is 5.97. The van der Waals surface area contributed by atoms with E-state index in [-0.39, 0.29) is 30.6 Å². The summed E-state index contributed by atoms with van der Waals surface area (Å²) in [5.41, 5.74) is 0.662. The molecular formula is C16H18N4O2. The molecule has 1 amide bonds. The highest BCUT2D eigenvalue weighted by Crippen LogP contribution is 2.20. The van der Waals surface area contributed by atoms with Crippen LogP contribution in [-0.2, 0) is 4.79 Å². The number of nitrogens with zero attached hydrogens (tertiary/aromatic N) is 4. The van der Waals surface area contributed by atoms with Crippen molar-refractivity contribution in [2.75, 3.05) is 13.1 Å². The topological polar surface area (TPSA) is 68.1 Å². The summed E-state index contributed by atoms with van der Waals surface area (Å²) < 4.78 is 0. The Morgan fingerprint density at radius 1 is 1.09 bits per heavy atom. The van der Waals surface area contributed by atoms with Crippen LogP contribution in [0.25, 0.3) is 0 Å². The van der Waals surface area contributed by atoms with Gasteiger partial charge in [-0.2, -0.15) is 15.0 Å². The first-order valence-corrected chi connectivity index (χ1v) is 7.46. The van der Waals surface area contributed by atoms with Crippen molar-refractivity contribution in [3.8, 4) is 0 Å². The zero-order valence-electron chi connectivity index (χ0n) is 12.3. The minimum absolute atomic E-state index is 0.0124. The second-order valence-corrected chi connectivity index (χ2v) is 5.42. The molecule has 1 fully saturated rings. The molecule has 22 heavy (non-hydrogen) atoms. The molecule has 6 nitrogen and oxygen atoms in total. The number of hydrogen-bond donors (Lipinski definition) is 0. The largest absolute Gasteiger partial charge is 0.340 e. The number of aromatic nitrogens is 3. The lowest BCUT2D eigenvalue weighted by Gasteiger charge is -2.16. The molecule has 1 aromatic heterocycles. The van der Waals surface area contributed by atoms with Gasteiger partial charge in [-0.15, -0.1) is 0 Å². The van der Waals surface area contributed by atoms with E-state index in [1.165, 1.54) is 0 Å². The standard InChI is InChI=1S/C16H18N4O2/c21-15(13-4-2-1-3-5-13)6-7-16(22)19-11-8-14(12-19)20-17-9-10-18-20/h1-5,9-10,14H,6-8,11-12H2. The Hall–Kier alpha value is -2.50. The summed E-state index contributed by atoms with van der Waals surface area (Å²) in [5, 5.41) is 8.24. The third-order valence-electron chi connectivity index (χ3n) is 3.94. The summed E-state index contributed by atoms with van der Waals surface area (Å²) in [6, 6.07) is 9.23. The molecule has 114 valence electrons. The minimum Gasteiger partial charge on any atom is -0.340 e. The molecule has 0 spiro atoms. The molecule has 2 heterocycles. The van der Waals surface area contributed by atoms with Gasteiger partial charge >= 0.3 is 0 Å². The lowest BCUT2D eigenvalue weighted by molar-refractivity contribution is -0.130. The molecule has 0 saturated carbocycles. The van der Waals surface area contributed by atoms with Crippen LogP contribution in [-0.4, -0.2) is 44.7 Å². The maximum Gasteiger partial charge on any atom is 0.223 e. The first kappa shape index (κ1) is 14.4.